The Hall–Kier alpha value is -3.10. The van der Waals surface area contributed by atoms with Gasteiger partial charge in [0, 0.05) is 24.1 Å². The molecule has 0 aliphatic rings. The molecule has 28 heavy (non-hydrogen) atoms. The van der Waals surface area contributed by atoms with Crippen LogP contribution < -0.4 is 15.2 Å². The van der Waals surface area contributed by atoms with Gasteiger partial charge >= 0.3 is 0 Å². The summed E-state index contributed by atoms with van der Waals surface area (Å²) in [5.41, 5.74) is 1.28. The number of nitrogens with two attached hydrogens (primary N) is 1. The topological polar surface area (TPSA) is 112 Å². The van der Waals surface area contributed by atoms with E-state index in [1.165, 1.54) is 19.2 Å². The molecule has 0 spiro atoms. The van der Waals surface area contributed by atoms with E-state index in [9.17, 15) is 13.2 Å². The fraction of sp³-hybridized carbons (Fsp3) is 0.150. The second-order valence-electron chi connectivity index (χ2n) is 6.09. The molecule has 2 aromatic carbocycles. The maximum atomic E-state index is 12.2. The monoisotopic (exact) mass is 400 g/mol. The number of carbonyl (C=O) groups excluding carboxylic acids is 1. The van der Waals surface area contributed by atoms with Gasteiger partial charge < -0.3 is 14.5 Å². The van der Waals surface area contributed by atoms with Crippen molar-refractivity contribution in [2.75, 3.05) is 12.4 Å². The molecule has 0 radical (unpaired) electrons. The summed E-state index contributed by atoms with van der Waals surface area (Å²) in [6, 6.07) is 17.6. The number of carbonyl (C=O) groups is 1. The number of furan rings is 1. The Bertz CT molecular complexity index is 1070. The third-order valence-corrected chi connectivity index (χ3v) is 5.00. The molecule has 146 valence electrons. The molecule has 0 saturated heterocycles. The number of aryl methyl sites for hydroxylation is 1. The molecular weight excluding hydrogens is 380 g/mol. The van der Waals surface area contributed by atoms with Crippen LogP contribution in [0.3, 0.4) is 0 Å². The van der Waals surface area contributed by atoms with Gasteiger partial charge in [-0.3, -0.25) is 4.79 Å². The van der Waals surface area contributed by atoms with E-state index in [1.54, 1.807) is 6.07 Å². The smallest absolute Gasteiger partial charge is 0.241 e. The van der Waals surface area contributed by atoms with Crippen LogP contribution in [0.5, 0.6) is 5.75 Å². The fourth-order valence-corrected chi connectivity index (χ4v) is 3.43. The summed E-state index contributed by atoms with van der Waals surface area (Å²) in [7, 11) is -2.63. The Morgan fingerprint density at radius 3 is 2.54 bits per heavy atom. The molecule has 1 aromatic heterocycles. The van der Waals surface area contributed by atoms with E-state index in [1.807, 2.05) is 42.5 Å². The van der Waals surface area contributed by atoms with Crippen molar-refractivity contribution in [3.05, 3.63) is 66.4 Å². The molecule has 1 heterocycles. The average molecular weight is 400 g/mol. The van der Waals surface area contributed by atoms with Gasteiger partial charge in [0.15, 0.2) is 0 Å². The SMILES string of the molecule is COc1ccc(NC(=O)CCc2ccc(-c3ccccc3)o2)cc1S(N)(=O)=O. The van der Waals surface area contributed by atoms with Crippen molar-refractivity contribution in [2.45, 2.75) is 17.7 Å². The molecular formula is C20H20N2O5S. The Morgan fingerprint density at radius 2 is 1.86 bits per heavy atom. The summed E-state index contributed by atoms with van der Waals surface area (Å²) in [5, 5.41) is 7.84. The van der Waals surface area contributed by atoms with Gasteiger partial charge in [-0.2, -0.15) is 0 Å². The third kappa shape index (κ3) is 4.79. The first kappa shape index (κ1) is 19.7. The van der Waals surface area contributed by atoms with Gasteiger partial charge in [0.1, 0.15) is 22.2 Å². The Kier molecular flexibility index (Phi) is 5.81. The van der Waals surface area contributed by atoms with Crippen LogP contribution in [0.1, 0.15) is 12.2 Å². The number of primary sulfonamides is 1. The van der Waals surface area contributed by atoms with Crippen molar-refractivity contribution >= 4 is 21.6 Å². The second-order valence-corrected chi connectivity index (χ2v) is 7.62. The Labute approximate surface area is 163 Å². The lowest BCUT2D eigenvalue weighted by atomic mass is 10.2. The summed E-state index contributed by atoms with van der Waals surface area (Å²) in [6.45, 7) is 0. The van der Waals surface area contributed by atoms with Crippen LogP contribution in [-0.2, 0) is 21.2 Å². The van der Waals surface area contributed by atoms with Gasteiger partial charge in [0.25, 0.3) is 0 Å². The number of sulfonamides is 1. The highest BCUT2D eigenvalue weighted by molar-refractivity contribution is 7.89. The Balaban J connectivity index is 1.63. The zero-order valence-electron chi connectivity index (χ0n) is 15.2. The normalized spacial score (nSPS) is 11.2. The van der Waals surface area contributed by atoms with Crippen LogP contribution in [-0.4, -0.2) is 21.4 Å². The number of methoxy groups -OCH3 is 1. The summed E-state index contributed by atoms with van der Waals surface area (Å²) < 4.78 is 34.1. The van der Waals surface area contributed by atoms with Gasteiger partial charge in [-0.25, -0.2) is 13.6 Å². The highest BCUT2D eigenvalue weighted by atomic mass is 32.2. The van der Waals surface area contributed by atoms with Gasteiger partial charge in [0.2, 0.25) is 15.9 Å². The Morgan fingerprint density at radius 1 is 1.11 bits per heavy atom. The summed E-state index contributed by atoms with van der Waals surface area (Å²) in [5.74, 6) is 1.27. The second kappa shape index (κ2) is 8.28. The molecule has 0 unspecified atom stereocenters. The third-order valence-electron chi connectivity index (χ3n) is 4.07. The predicted molar refractivity (Wildman–Crippen MR) is 105 cm³/mol. The molecule has 0 atom stereocenters. The number of hydrogen-bond donors (Lipinski definition) is 2. The number of hydrogen-bond acceptors (Lipinski definition) is 5. The van der Waals surface area contributed by atoms with Gasteiger partial charge in [0.05, 0.1) is 7.11 Å². The quantitative estimate of drug-likeness (QED) is 0.633. The van der Waals surface area contributed by atoms with E-state index in [-0.39, 0.29) is 23.0 Å². The molecule has 3 rings (SSSR count). The minimum Gasteiger partial charge on any atom is -0.495 e. The molecule has 0 aliphatic heterocycles. The van der Waals surface area contributed by atoms with Gasteiger partial charge in [-0.15, -0.1) is 0 Å². The number of benzene rings is 2. The molecule has 7 nitrogen and oxygen atoms in total. The molecule has 1 amide bonds. The van der Waals surface area contributed by atoms with Gasteiger partial charge in [-0.05, 0) is 30.3 Å². The molecule has 0 aliphatic carbocycles. The predicted octanol–water partition coefficient (Wildman–Crippen LogP) is 3.17. The fourth-order valence-electron chi connectivity index (χ4n) is 2.71. The first-order chi connectivity index (χ1) is 13.4. The number of rotatable bonds is 7. The molecule has 0 saturated carbocycles. The molecule has 8 heteroatoms. The number of amides is 1. The summed E-state index contributed by atoms with van der Waals surface area (Å²) in [4.78, 5) is 12.0. The van der Waals surface area contributed by atoms with E-state index in [4.69, 9.17) is 14.3 Å². The number of ether oxygens (including phenoxy) is 1. The van der Waals surface area contributed by atoms with Crippen LogP contribution >= 0.6 is 0 Å². The first-order valence-corrected chi connectivity index (χ1v) is 10.1. The lowest BCUT2D eigenvalue weighted by Gasteiger charge is -2.10. The van der Waals surface area contributed by atoms with E-state index in [0.29, 0.717) is 17.9 Å². The highest BCUT2D eigenvalue weighted by Gasteiger charge is 2.16. The highest BCUT2D eigenvalue weighted by Crippen LogP contribution is 2.26. The van der Waals surface area contributed by atoms with Crippen LogP contribution in [0.2, 0.25) is 0 Å². The number of nitrogens with one attached hydrogen (secondary N) is 1. The summed E-state index contributed by atoms with van der Waals surface area (Å²) >= 11 is 0. The zero-order valence-corrected chi connectivity index (χ0v) is 16.0. The molecule has 0 bridgehead atoms. The van der Waals surface area contributed by atoms with E-state index >= 15 is 0 Å². The van der Waals surface area contributed by atoms with Crippen molar-refractivity contribution in [3.63, 3.8) is 0 Å². The van der Waals surface area contributed by atoms with Crippen molar-refractivity contribution in [1.82, 2.24) is 0 Å². The van der Waals surface area contributed by atoms with Crippen LogP contribution in [0.15, 0.2) is 70.0 Å². The van der Waals surface area contributed by atoms with E-state index in [2.05, 4.69) is 5.32 Å². The van der Waals surface area contributed by atoms with E-state index < -0.39 is 10.0 Å². The minimum absolute atomic E-state index is 0.115. The lowest BCUT2D eigenvalue weighted by molar-refractivity contribution is -0.116. The maximum Gasteiger partial charge on any atom is 0.241 e. The van der Waals surface area contributed by atoms with Crippen molar-refractivity contribution in [3.8, 4) is 17.1 Å². The molecule has 0 fully saturated rings. The molecule has 3 aromatic rings. The van der Waals surface area contributed by atoms with Crippen molar-refractivity contribution in [1.29, 1.82) is 0 Å². The lowest BCUT2D eigenvalue weighted by Crippen LogP contribution is -2.16. The minimum atomic E-state index is -3.97. The van der Waals surface area contributed by atoms with Crippen LogP contribution in [0.25, 0.3) is 11.3 Å². The van der Waals surface area contributed by atoms with E-state index in [0.717, 1.165) is 11.3 Å². The van der Waals surface area contributed by atoms with Crippen LogP contribution in [0, 0.1) is 0 Å². The molecule has 3 N–H and O–H groups in total. The van der Waals surface area contributed by atoms with Crippen LogP contribution in [0.4, 0.5) is 5.69 Å². The van der Waals surface area contributed by atoms with Gasteiger partial charge in [-0.1, -0.05) is 30.3 Å². The average Bonchev–Trinajstić information content (AvgIpc) is 3.15. The van der Waals surface area contributed by atoms with Crippen molar-refractivity contribution in [2.24, 2.45) is 5.14 Å². The summed E-state index contributed by atoms with van der Waals surface area (Å²) in [6.07, 6.45) is 0.593. The largest absolute Gasteiger partial charge is 0.495 e. The zero-order chi connectivity index (χ0) is 20.1. The first-order valence-electron chi connectivity index (χ1n) is 8.51. The number of anilines is 1. The maximum absolute atomic E-state index is 12.2. The van der Waals surface area contributed by atoms with Crippen molar-refractivity contribution < 1.29 is 22.4 Å². The standard InChI is InChI=1S/C20H20N2O5S/c1-26-18-10-7-15(13-19(18)28(21,24)25)22-20(23)12-9-16-8-11-17(27-16)14-5-3-2-4-6-14/h2-8,10-11,13H,9,12H2,1H3,(H,22,23)(H2,21,24,25).